The Bertz CT molecular complexity index is 397. The minimum absolute atomic E-state index is 0.0992. The van der Waals surface area contributed by atoms with Crippen molar-refractivity contribution in [2.45, 2.75) is 32.6 Å². The quantitative estimate of drug-likeness (QED) is 0.633. The van der Waals surface area contributed by atoms with Gasteiger partial charge in [0, 0.05) is 12.5 Å². The van der Waals surface area contributed by atoms with Gasteiger partial charge in [-0.05, 0) is 17.5 Å². The van der Waals surface area contributed by atoms with Gasteiger partial charge in [0.15, 0.2) is 5.69 Å². The third-order valence-corrected chi connectivity index (χ3v) is 2.28. The van der Waals surface area contributed by atoms with Crippen LogP contribution in [0.15, 0.2) is 18.2 Å². The van der Waals surface area contributed by atoms with Gasteiger partial charge in [-0.1, -0.05) is 26.0 Å². The van der Waals surface area contributed by atoms with Crippen LogP contribution < -0.4 is 0 Å². The first-order valence-electron chi connectivity index (χ1n) is 4.76. The maximum Gasteiger partial charge on any atom is 0.269 e. The van der Waals surface area contributed by atoms with E-state index in [1.165, 1.54) is 12.1 Å². The van der Waals surface area contributed by atoms with Gasteiger partial charge < -0.3 is 0 Å². The monoisotopic (exact) mass is 209 g/mol. The molecule has 0 unspecified atom stereocenters. The molecular weight excluding hydrogens is 196 g/mol. The van der Waals surface area contributed by atoms with E-state index in [4.69, 9.17) is 6.57 Å². The molecule has 0 bridgehead atoms. The van der Waals surface area contributed by atoms with Crippen molar-refractivity contribution in [2.75, 3.05) is 0 Å². The van der Waals surface area contributed by atoms with Gasteiger partial charge in [-0.2, -0.15) is 0 Å². The van der Waals surface area contributed by atoms with Crippen LogP contribution >= 0.6 is 0 Å². The van der Waals surface area contributed by atoms with Crippen LogP contribution in [0.1, 0.15) is 37.8 Å². The molecule has 0 aliphatic carbocycles. The Balaban J connectivity index is 3.27. The van der Waals surface area contributed by atoms with Crippen LogP contribution in [0, 0.1) is 6.57 Å². The highest BCUT2D eigenvalue weighted by Crippen LogP contribution is 2.34. The zero-order valence-electron chi connectivity index (χ0n) is 9.01. The molecule has 1 aromatic rings. The highest BCUT2D eigenvalue weighted by atomic mass is 19.3. The van der Waals surface area contributed by atoms with Crippen LogP contribution in [-0.2, 0) is 5.92 Å². The molecule has 0 amide bonds. The fraction of sp³-hybridized carbons (Fsp3) is 0.417. The number of nitrogens with zero attached hydrogens (tertiary/aromatic N) is 1. The summed E-state index contributed by atoms with van der Waals surface area (Å²) in [6, 6.07) is 4.29. The first-order chi connectivity index (χ1) is 6.86. The number of hydrogen-bond acceptors (Lipinski definition) is 0. The summed E-state index contributed by atoms with van der Waals surface area (Å²) in [4.78, 5) is 3.28. The van der Waals surface area contributed by atoms with Crippen molar-refractivity contribution in [2.24, 2.45) is 0 Å². The van der Waals surface area contributed by atoms with Crippen LogP contribution in [0.5, 0.6) is 0 Å². The van der Waals surface area contributed by atoms with Crippen molar-refractivity contribution in [1.82, 2.24) is 0 Å². The minimum atomic E-state index is -2.88. The number of alkyl halides is 2. The minimum Gasteiger partial charge on any atom is -0.238 e. The Morgan fingerprint density at radius 1 is 1.33 bits per heavy atom. The molecule has 0 radical (unpaired) electrons. The molecular formula is C12H13F2N. The largest absolute Gasteiger partial charge is 0.269 e. The molecule has 0 N–H and O–H groups in total. The predicted molar refractivity (Wildman–Crippen MR) is 56.4 cm³/mol. The third-order valence-electron chi connectivity index (χ3n) is 2.28. The Labute approximate surface area is 88.6 Å². The highest BCUT2D eigenvalue weighted by Gasteiger charge is 2.25. The smallest absolute Gasteiger partial charge is 0.238 e. The predicted octanol–water partition coefficient (Wildman–Crippen LogP) is 4.47. The molecule has 0 saturated carbocycles. The first kappa shape index (κ1) is 11.6. The second-order valence-corrected chi connectivity index (χ2v) is 3.93. The number of hydrogen-bond donors (Lipinski definition) is 0. The Hall–Kier alpha value is -1.43. The molecule has 1 nitrogen and oxygen atoms in total. The molecule has 0 aromatic heterocycles. The summed E-state index contributed by atoms with van der Waals surface area (Å²) >= 11 is 0. The van der Waals surface area contributed by atoms with Gasteiger partial charge in [0.1, 0.15) is 0 Å². The van der Waals surface area contributed by atoms with Gasteiger partial charge in [0.05, 0.1) is 6.57 Å². The molecule has 0 aliphatic heterocycles. The molecule has 0 atom stereocenters. The lowest BCUT2D eigenvalue weighted by atomic mass is 9.98. The van der Waals surface area contributed by atoms with Crippen LogP contribution in [0.2, 0.25) is 0 Å². The summed E-state index contributed by atoms with van der Waals surface area (Å²) in [5.74, 6) is -2.71. The molecule has 0 saturated heterocycles. The molecule has 3 heteroatoms. The van der Waals surface area contributed by atoms with Gasteiger partial charge in [-0.15, -0.1) is 0 Å². The maximum absolute atomic E-state index is 13.0. The molecule has 1 rings (SSSR count). The Morgan fingerprint density at radius 2 is 1.93 bits per heavy atom. The summed E-state index contributed by atoms with van der Waals surface area (Å²) in [5.41, 5.74) is 1.04. The molecule has 80 valence electrons. The van der Waals surface area contributed by atoms with Crippen molar-refractivity contribution in [3.8, 4) is 0 Å². The Morgan fingerprint density at radius 3 is 2.33 bits per heavy atom. The fourth-order valence-electron chi connectivity index (χ4n) is 1.40. The lowest BCUT2D eigenvalue weighted by molar-refractivity contribution is 0.0175. The zero-order chi connectivity index (χ0) is 11.6. The van der Waals surface area contributed by atoms with E-state index in [0.717, 1.165) is 12.5 Å². The summed E-state index contributed by atoms with van der Waals surface area (Å²) in [7, 11) is 0. The molecule has 15 heavy (non-hydrogen) atoms. The SMILES string of the molecule is [C-]#[N+]c1cc(C(C)(F)F)ccc1C(C)C. The molecule has 0 aliphatic rings. The van der Waals surface area contributed by atoms with Crippen molar-refractivity contribution in [3.63, 3.8) is 0 Å². The second-order valence-electron chi connectivity index (χ2n) is 3.93. The summed E-state index contributed by atoms with van der Waals surface area (Å²) in [6.07, 6.45) is 0. The summed E-state index contributed by atoms with van der Waals surface area (Å²) in [5, 5.41) is 0. The zero-order valence-corrected chi connectivity index (χ0v) is 9.01. The lowest BCUT2D eigenvalue weighted by Gasteiger charge is -2.14. The van der Waals surface area contributed by atoms with E-state index >= 15 is 0 Å². The van der Waals surface area contributed by atoms with Crippen LogP contribution in [0.3, 0.4) is 0 Å². The average Bonchev–Trinajstić information content (AvgIpc) is 2.15. The van der Waals surface area contributed by atoms with E-state index in [1.54, 1.807) is 6.07 Å². The lowest BCUT2D eigenvalue weighted by Crippen LogP contribution is -2.06. The Kier molecular flexibility index (Phi) is 3.09. The van der Waals surface area contributed by atoms with Crippen molar-refractivity contribution in [3.05, 3.63) is 40.7 Å². The number of halogens is 2. The van der Waals surface area contributed by atoms with E-state index < -0.39 is 5.92 Å². The van der Waals surface area contributed by atoms with E-state index in [9.17, 15) is 8.78 Å². The molecule has 0 heterocycles. The van der Waals surface area contributed by atoms with E-state index in [1.807, 2.05) is 13.8 Å². The van der Waals surface area contributed by atoms with Crippen LogP contribution in [0.25, 0.3) is 4.85 Å². The van der Waals surface area contributed by atoms with Crippen molar-refractivity contribution >= 4 is 5.69 Å². The average molecular weight is 209 g/mol. The molecule has 0 spiro atoms. The number of benzene rings is 1. The second kappa shape index (κ2) is 3.98. The highest BCUT2D eigenvalue weighted by molar-refractivity contribution is 5.56. The molecule has 0 fully saturated rings. The van der Waals surface area contributed by atoms with Crippen LogP contribution in [0.4, 0.5) is 14.5 Å². The summed E-state index contributed by atoms with van der Waals surface area (Å²) < 4.78 is 26.0. The van der Waals surface area contributed by atoms with E-state index in [0.29, 0.717) is 5.69 Å². The van der Waals surface area contributed by atoms with E-state index in [2.05, 4.69) is 4.85 Å². The van der Waals surface area contributed by atoms with Gasteiger partial charge >= 0.3 is 0 Å². The maximum atomic E-state index is 13.0. The fourth-order valence-corrected chi connectivity index (χ4v) is 1.40. The van der Waals surface area contributed by atoms with Gasteiger partial charge in [-0.25, -0.2) is 13.6 Å². The normalized spacial score (nSPS) is 11.5. The van der Waals surface area contributed by atoms with Crippen LogP contribution in [-0.4, -0.2) is 0 Å². The van der Waals surface area contributed by atoms with E-state index in [-0.39, 0.29) is 11.5 Å². The van der Waals surface area contributed by atoms with Crippen molar-refractivity contribution in [1.29, 1.82) is 0 Å². The first-order valence-corrected chi connectivity index (χ1v) is 4.76. The molecule has 1 aromatic carbocycles. The van der Waals surface area contributed by atoms with Gasteiger partial charge in [-0.3, -0.25) is 0 Å². The van der Waals surface area contributed by atoms with Crippen molar-refractivity contribution < 1.29 is 8.78 Å². The topological polar surface area (TPSA) is 4.36 Å². The third kappa shape index (κ3) is 2.53. The summed E-state index contributed by atoms with van der Waals surface area (Å²) in [6.45, 7) is 11.7. The van der Waals surface area contributed by atoms with Gasteiger partial charge in [0.25, 0.3) is 5.92 Å². The van der Waals surface area contributed by atoms with Gasteiger partial charge in [0.2, 0.25) is 0 Å². The standard InChI is InChI=1S/C12H13F2N/c1-8(2)10-6-5-9(12(3,13)14)7-11(10)15-4/h5-8H,1-3H3. The number of rotatable bonds is 2.